The van der Waals surface area contributed by atoms with Gasteiger partial charge in [-0.1, -0.05) is 19.4 Å². The van der Waals surface area contributed by atoms with Crippen LogP contribution >= 0.6 is 0 Å². The third-order valence-corrected chi connectivity index (χ3v) is 3.78. The lowest BCUT2D eigenvalue weighted by Gasteiger charge is -2.28. The Morgan fingerprint density at radius 3 is 2.67 bits per heavy atom. The van der Waals surface area contributed by atoms with Crippen molar-refractivity contribution in [2.45, 2.75) is 45.1 Å². The van der Waals surface area contributed by atoms with Gasteiger partial charge in [0.25, 0.3) is 0 Å². The van der Waals surface area contributed by atoms with Gasteiger partial charge in [-0.25, -0.2) is 4.39 Å². The molecule has 0 saturated heterocycles. The van der Waals surface area contributed by atoms with E-state index in [1.165, 1.54) is 18.6 Å². The molecule has 0 radical (unpaired) electrons. The van der Waals surface area contributed by atoms with Gasteiger partial charge in [0.1, 0.15) is 0 Å². The molecule has 0 unspecified atom stereocenters. The average Bonchev–Trinajstić information content (AvgIpc) is 2.42. The molecule has 1 saturated carbocycles. The van der Waals surface area contributed by atoms with Gasteiger partial charge in [0, 0.05) is 0 Å². The van der Waals surface area contributed by atoms with E-state index in [2.05, 4.69) is 6.92 Å². The van der Waals surface area contributed by atoms with E-state index in [-0.39, 0.29) is 11.9 Å². The molecule has 0 aliphatic heterocycles. The van der Waals surface area contributed by atoms with Crippen molar-refractivity contribution in [3.05, 3.63) is 29.6 Å². The normalized spacial score (nSPS) is 23.7. The van der Waals surface area contributed by atoms with Crippen molar-refractivity contribution >= 4 is 6.29 Å². The molecule has 98 valence electrons. The predicted octanol–water partition coefficient (Wildman–Crippen LogP) is 3.99. The molecule has 0 aromatic heterocycles. The second kappa shape index (κ2) is 5.98. The maximum Gasteiger partial charge on any atom is 0.165 e. The molecule has 1 aromatic carbocycles. The molecular formula is C15H19FO2. The fourth-order valence-corrected chi connectivity index (χ4v) is 2.57. The number of carbonyl (C=O) groups is 1. The summed E-state index contributed by atoms with van der Waals surface area (Å²) in [6, 6.07) is 4.45. The first-order chi connectivity index (χ1) is 8.74. The van der Waals surface area contributed by atoms with E-state index in [0.717, 1.165) is 31.6 Å². The number of hydrogen-bond acceptors (Lipinski definition) is 2. The summed E-state index contributed by atoms with van der Waals surface area (Å²) in [5.74, 6) is 0.445. The molecule has 3 heteroatoms. The Balaban J connectivity index is 2.04. The van der Waals surface area contributed by atoms with E-state index < -0.39 is 5.82 Å². The fraction of sp³-hybridized carbons (Fsp3) is 0.533. The predicted molar refractivity (Wildman–Crippen MR) is 68.5 cm³/mol. The molecule has 0 N–H and O–H groups in total. The number of benzene rings is 1. The molecule has 0 amide bonds. The van der Waals surface area contributed by atoms with E-state index in [0.29, 0.717) is 11.8 Å². The molecule has 2 rings (SSSR count). The van der Waals surface area contributed by atoms with Gasteiger partial charge in [-0.3, -0.25) is 4.79 Å². The van der Waals surface area contributed by atoms with Crippen molar-refractivity contribution in [2.75, 3.05) is 0 Å². The highest BCUT2D eigenvalue weighted by molar-refractivity contribution is 5.79. The fourth-order valence-electron chi connectivity index (χ4n) is 2.57. The minimum absolute atomic E-state index is 0.0448. The van der Waals surface area contributed by atoms with Gasteiger partial charge in [0.05, 0.1) is 11.7 Å². The van der Waals surface area contributed by atoms with E-state index in [1.54, 1.807) is 6.07 Å². The molecule has 18 heavy (non-hydrogen) atoms. The third-order valence-electron chi connectivity index (χ3n) is 3.78. The topological polar surface area (TPSA) is 26.3 Å². The number of hydrogen-bond donors (Lipinski definition) is 0. The molecular weight excluding hydrogens is 231 g/mol. The van der Waals surface area contributed by atoms with Gasteiger partial charge in [-0.2, -0.15) is 0 Å². The number of carbonyl (C=O) groups excluding carboxylic acids is 1. The van der Waals surface area contributed by atoms with E-state index in [9.17, 15) is 9.18 Å². The molecule has 1 aromatic rings. The van der Waals surface area contributed by atoms with Crippen molar-refractivity contribution < 1.29 is 13.9 Å². The lowest BCUT2D eigenvalue weighted by atomic mass is 9.86. The lowest BCUT2D eigenvalue weighted by molar-refractivity contribution is 0.108. The van der Waals surface area contributed by atoms with Gasteiger partial charge in [0.15, 0.2) is 17.9 Å². The Labute approximate surface area is 107 Å². The highest BCUT2D eigenvalue weighted by Gasteiger charge is 2.23. The maximum atomic E-state index is 13.7. The second-order valence-electron chi connectivity index (χ2n) is 4.94. The van der Waals surface area contributed by atoms with Crippen molar-refractivity contribution in [2.24, 2.45) is 5.92 Å². The smallest absolute Gasteiger partial charge is 0.165 e. The monoisotopic (exact) mass is 250 g/mol. The summed E-state index contributed by atoms with van der Waals surface area (Å²) in [4.78, 5) is 10.9. The van der Waals surface area contributed by atoms with Crippen LogP contribution in [0.3, 0.4) is 0 Å². The summed E-state index contributed by atoms with van der Waals surface area (Å²) >= 11 is 0. The number of aldehydes is 1. The van der Waals surface area contributed by atoms with Crippen LogP contribution in [0.25, 0.3) is 0 Å². The van der Waals surface area contributed by atoms with E-state index in [1.807, 2.05) is 0 Å². The summed E-state index contributed by atoms with van der Waals surface area (Å²) in [5, 5.41) is 0. The Morgan fingerprint density at radius 1 is 1.33 bits per heavy atom. The quantitative estimate of drug-likeness (QED) is 0.755. The number of halogens is 1. The van der Waals surface area contributed by atoms with Crippen LogP contribution in [0.2, 0.25) is 0 Å². The molecule has 0 heterocycles. The zero-order valence-electron chi connectivity index (χ0n) is 10.7. The van der Waals surface area contributed by atoms with Gasteiger partial charge in [-0.15, -0.1) is 0 Å². The lowest BCUT2D eigenvalue weighted by Crippen LogP contribution is -2.24. The van der Waals surface area contributed by atoms with Gasteiger partial charge in [-0.05, 0) is 43.7 Å². The molecule has 0 bridgehead atoms. The van der Waals surface area contributed by atoms with Gasteiger partial charge < -0.3 is 4.74 Å². The molecule has 1 fully saturated rings. The zero-order valence-corrected chi connectivity index (χ0v) is 10.7. The average molecular weight is 250 g/mol. The summed E-state index contributed by atoms with van der Waals surface area (Å²) in [7, 11) is 0. The van der Waals surface area contributed by atoms with E-state index >= 15 is 0 Å². The SMILES string of the molecule is CCC1CCC(Oc2c(F)cccc2C=O)CC1. The highest BCUT2D eigenvalue weighted by Crippen LogP contribution is 2.31. The van der Waals surface area contributed by atoms with Crippen molar-refractivity contribution in [3.8, 4) is 5.75 Å². The number of rotatable bonds is 4. The largest absolute Gasteiger partial charge is 0.487 e. The van der Waals surface area contributed by atoms with Crippen LogP contribution < -0.4 is 4.74 Å². The standard InChI is InChI=1S/C15H19FO2/c1-2-11-6-8-13(9-7-11)18-15-12(10-17)4-3-5-14(15)16/h3-5,10-11,13H,2,6-9H2,1H3. The van der Waals surface area contributed by atoms with Crippen LogP contribution in [-0.4, -0.2) is 12.4 Å². The number of para-hydroxylation sites is 1. The Morgan fingerprint density at radius 2 is 2.06 bits per heavy atom. The second-order valence-corrected chi connectivity index (χ2v) is 4.94. The van der Waals surface area contributed by atoms with Crippen LogP contribution in [0.4, 0.5) is 4.39 Å². The number of ether oxygens (including phenoxy) is 1. The molecule has 0 spiro atoms. The molecule has 2 nitrogen and oxygen atoms in total. The van der Waals surface area contributed by atoms with Crippen LogP contribution in [0, 0.1) is 11.7 Å². The van der Waals surface area contributed by atoms with Gasteiger partial charge in [0.2, 0.25) is 0 Å². The van der Waals surface area contributed by atoms with Crippen LogP contribution in [-0.2, 0) is 0 Å². The minimum atomic E-state index is -0.447. The van der Waals surface area contributed by atoms with Crippen molar-refractivity contribution in [1.82, 2.24) is 0 Å². The summed E-state index contributed by atoms with van der Waals surface area (Å²) < 4.78 is 19.3. The Bertz CT molecular complexity index is 409. The Hall–Kier alpha value is -1.38. The molecule has 0 atom stereocenters. The molecule has 1 aliphatic rings. The minimum Gasteiger partial charge on any atom is -0.487 e. The highest BCUT2D eigenvalue weighted by atomic mass is 19.1. The first kappa shape index (κ1) is 13.1. The van der Waals surface area contributed by atoms with Crippen LogP contribution in [0.5, 0.6) is 5.75 Å². The van der Waals surface area contributed by atoms with Crippen molar-refractivity contribution in [3.63, 3.8) is 0 Å². The molecule has 1 aliphatic carbocycles. The van der Waals surface area contributed by atoms with E-state index in [4.69, 9.17) is 4.74 Å². The van der Waals surface area contributed by atoms with Crippen LogP contribution in [0.1, 0.15) is 49.4 Å². The third kappa shape index (κ3) is 2.89. The summed E-state index contributed by atoms with van der Waals surface area (Å²) in [6.45, 7) is 2.20. The Kier molecular flexibility index (Phi) is 4.34. The van der Waals surface area contributed by atoms with Gasteiger partial charge >= 0.3 is 0 Å². The zero-order chi connectivity index (χ0) is 13.0. The first-order valence-corrected chi connectivity index (χ1v) is 6.65. The van der Waals surface area contributed by atoms with Crippen LogP contribution in [0.15, 0.2) is 18.2 Å². The maximum absolute atomic E-state index is 13.7. The first-order valence-electron chi connectivity index (χ1n) is 6.65. The van der Waals surface area contributed by atoms with Crippen molar-refractivity contribution in [1.29, 1.82) is 0 Å². The summed E-state index contributed by atoms with van der Waals surface area (Å²) in [5.41, 5.74) is 0.299. The summed E-state index contributed by atoms with van der Waals surface area (Å²) in [6.07, 6.45) is 6.06.